The van der Waals surface area contributed by atoms with Crippen LogP contribution in [0.3, 0.4) is 0 Å². The van der Waals surface area contributed by atoms with Gasteiger partial charge in [0.2, 0.25) is 5.91 Å². The number of carbonyl (C=O) groups excluding carboxylic acids is 2. The number of amidine groups is 1. The van der Waals surface area contributed by atoms with Gasteiger partial charge in [-0.1, -0.05) is 47.6 Å². The average molecular weight is 549 g/mol. The first kappa shape index (κ1) is 25.8. The van der Waals surface area contributed by atoms with Crippen molar-refractivity contribution in [3.8, 4) is 11.5 Å². The molecule has 0 unspecified atom stereocenters. The molecule has 3 aromatic rings. The lowest BCUT2D eigenvalue weighted by molar-refractivity contribution is -0.121. The molecule has 0 spiro atoms. The topological polar surface area (TPSA) is 92.6 Å². The number of thioether (sulfide) groups is 1. The van der Waals surface area contributed by atoms with Gasteiger partial charge in [0.15, 0.2) is 5.17 Å². The van der Waals surface area contributed by atoms with Gasteiger partial charge in [0.1, 0.15) is 16.7 Å². The fraction of sp³-hybridized carbons (Fsp3) is 0.214. The number of halogens is 1. The summed E-state index contributed by atoms with van der Waals surface area (Å²) >= 11 is 7.17. The molecular formula is C28H25ClN4O4S. The van der Waals surface area contributed by atoms with E-state index >= 15 is 0 Å². The number of anilines is 1. The van der Waals surface area contributed by atoms with Gasteiger partial charge in [0, 0.05) is 29.1 Å². The number of rotatable bonds is 7. The highest BCUT2D eigenvalue weighted by Crippen LogP contribution is 2.39. The predicted molar refractivity (Wildman–Crippen MR) is 150 cm³/mol. The monoisotopic (exact) mass is 548 g/mol. The summed E-state index contributed by atoms with van der Waals surface area (Å²) in [6.45, 7) is 0. The number of hydrogen-bond donors (Lipinski definition) is 1. The van der Waals surface area contributed by atoms with E-state index in [0.29, 0.717) is 22.3 Å². The van der Waals surface area contributed by atoms with Crippen molar-refractivity contribution >= 4 is 51.7 Å². The van der Waals surface area contributed by atoms with E-state index in [1.165, 1.54) is 11.8 Å². The maximum absolute atomic E-state index is 12.8. The third kappa shape index (κ3) is 5.69. The molecule has 0 radical (unpaired) electrons. The molecule has 0 aliphatic carbocycles. The van der Waals surface area contributed by atoms with E-state index in [-0.39, 0.29) is 24.3 Å². The minimum atomic E-state index is -0.634. The van der Waals surface area contributed by atoms with Gasteiger partial charge in [-0.3, -0.25) is 9.59 Å². The van der Waals surface area contributed by atoms with E-state index in [2.05, 4.69) is 10.3 Å². The standard InChI is InChI=1S/C28H25ClN4O4S/c1-36-21-12-6-17(7-13-21)24-15-23(18-4-3-5-22(14-18)37-2)32-33(24)28-31-27(35)25(38-28)16-26(34)30-20-10-8-19(29)9-11-20/h3-14,24-25H,15-16H2,1-2H3,(H,30,34)/t24-,25-/m1/s1. The quantitative estimate of drug-likeness (QED) is 0.417. The maximum atomic E-state index is 12.8. The molecule has 38 heavy (non-hydrogen) atoms. The van der Waals surface area contributed by atoms with Crippen LogP contribution in [0.15, 0.2) is 82.9 Å². The summed E-state index contributed by atoms with van der Waals surface area (Å²) in [5, 5.41) is 9.89. The molecule has 8 nitrogen and oxygen atoms in total. The van der Waals surface area contributed by atoms with E-state index in [9.17, 15) is 9.59 Å². The number of nitrogens with one attached hydrogen (secondary N) is 1. The van der Waals surface area contributed by atoms with E-state index in [1.807, 2.05) is 48.5 Å². The average Bonchev–Trinajstić information content (AvgIpc) is 3.54. The van der Waals surface area contributed by atoms with Gasteiger partial charge in [-0.2, -0.15) is 10.1 Å². The summed E-state index contributed by atoms with van der Waals surface area (Å²) in [6.07, 6.45) is 0.599. The lowest BCUT2D eigenvalue weighted by Crippen LogP contribution is -2.25. The van der Waals surface area contributed by atoms with Crippen molar-refractivity contribution in [2.45, 2.75) is 24.1 Å². The Hall–Kier alpha value is -3.82. The summed E-state index contributed by atoms with van der Waals surface area (Å²) < 4.78 is 10.7. The van der Waals surface area contributed by atoms with E-state index in [4.69, 9.17) is 26.2 Å². The molecule has 2 heterocycles. The molecule has 0 fully saturated rings. The maximum Gasteiger partial charge on any atom is 0.262 e. The summed E-state index contributed by atoms with van der Waals surface area (Å²) in [6, 6.07) is 22.1. The minimum Gasteiger partial charge on any atom is -0.497 e. The second-order valence-electron chi connectivity index (χ2n) is 8.71. The third-order valence-corrected chi connectivity index (χ3v) is 7.63. The first-order valence-corrected chi connectivity index (χ1v) is 13.2. The highest BCUT2D eigenvalue weighted by Gasteiger charge is 2.39. The Balaban J connectivity index is 1.36. The number of amides is 2. The molecule has 2 atom stereocenters. The minimum absolute atomic E-state index is 0.00732. The molecular weight excluding hydrogens is 524 g/mol. The van der Waals surface area contributed by atoms with Gasteiger partial charge < -0.3 is 14.8 Å². The number of carbonyl (C=O) groups is 2. The van der Waals surface area contributed by atoms with Crippen LogP contribution in [-0.4, -0.2) is 47.2 Å². The van der Waals surface area contributed by atoms with Crippen molar-refractivity contribution in [3.63, 3.8) is 0 Å². The molecule has 194 valence electrons. The van der Waals surface area contributed by atoms with Crippen LogP contribution in [0.1, 0.15) is 30.0 Å². The van der Waals surface area contributed by atoms with Gasteiger partial charge in [-0.25, -0.2) is 5.01 Å². The molecule has 1 N–H and O–H groups in total. The summed E-state index contributed by atoms with van der Waals surface area (Å²) in [4.78, 5) is 29.8. The predicted octanol–water partition coefficient (Wildman–Crippen LogP) is 5.54. The zero-order valence-electron chi connectivity index (χ0n) is 20.8. The van der Waals surface area contributed by atoms with Crippen LogP contribution >= 0.6 is 23.4 Å². The Morgan fingerprint density at radius 2 is 1.79 bits per heavy atom. The normalized spacial score (nSPS) is 18.7. The third-order valence-electron chi connectivity index (χ3n) is 6.24. The van der Waals surface area contributed by atoms with Crippen molar-refractivity contribution in [1.29, 1.82) is 0 Å². The zero-order chi connectivity index (χ0) is 26.6. The first-order chi connectivity index (χ1) is 18.4. The van der Waals surface area contributed by atoms with Crippen LogP contribution < -0.4 is 14.8 Å². The Kier molecular flexibility index (Phi) is 7.67. The Labute approximate surface area is 229 Å². The Morgan fingerprint density at radius 3 is 2.50 bits per heavy atom. The molecule has 3 aromatic carbocycles. The molecule has 0 saturated heterocycles. The Morgan fingerprint density at radius 1 is 1.05 bits per heavy atom. The molecule has 2 amide bonds. The second-order valence-corrected chi connectivity index (χ2v) is 10.3. The smallest absolute Gasteiger partial charge is 0.262 e. The second kappa shape index (κ2) is 11.3. The Bertz CT molecular complexity index is 1410. The van der Waals surface area contributed by atoms with Gasteiger partial charge in [0.25, 0.3) is 5.91 Å². The number of aliphatic imine (C=N–C) groups is 1. The van der Waals surface area contributed by atoms with E-state index in [0.717, 1.165) is 28.3 Å². The number of ether oxygens (including phenoxy) is 2. The van der Waals surface area contributed by atoms with Gasteiger partial charge in [0.05, 0.1) is 26.0 Å². The fourth-order valence-electron chi connectivity index (χ4n) is 4.27. The fourth-order valence-corrected chi connectivity index (χ4v) is 5.46. The highest BCUT2D eigenvalue weighted by molar-refractivity contribution is 8.15. The van der Waals surface area contributed by atoms with E-state index in [1.54, 1.807) is 43.5 Å². The first-order valence-electron chi connectivity index (χ1n) is 11.9. The number of hydrazone groups is 1. The molecule has 2 aliphatic rings. The van der Waals surface area contributed by atoms with Crippen LogP contribution in [0.25, 0.3) is 0 Å². The van der Waals surface area contributed by atoms with Crippen LogP contribution in [0, 0.1) is 0 Å². The van der Waals surface area contributed by atoms with Gasteiger partial charge in [-0.15, -0.1) is 0 Å². The van der Waals surface area contributed by atoms with Crippen molar-refractivity contribution < 1.29 is 19.1 Å². The van der Waals surface area contributed by atoms with Crippen LogP contribution in [-0.2, 0) is 9.59 Å². The molecule has 0 saturated carbocycles. The highest BCUT2D eigenvalue weighted by atomic mass is 35.5. The van der Waals surface area contributed by atoms with Gasteiger partial charge >= 0.3 is 0 Å². The SMILES string of the molecule is COc1ccc([C@H]2CC(c3cccc(OC)c3)=NN2C2=NC(=O)[C@@H](CC(=O)Nc3ccc(Cl)cc3)S2)cc1. The molecule has 0 bridgehead atoms. The number of nitrogens with zero attached hydrogens (tertiary/aromatic N) is 3. The summed E-state index contributed by atoms with van der Waals surface area (Å²) in [5.74, 6) is 0.860. The van der Waals surface area contributed by atoms with Crippen LogP contribution in [0.5, 0.6) is 11.5 Å². The van der Waals surface area contributed by atoms with Gasteiger partial charge in [-0.05, 0) is 54.1 Å². The van der Waals surface area contributed by atoms with Crippen molar-refractivity contribution in [1.82, 2.24) is 5.01 Å². The lowest BCUT2D eigenvalue weighted by Gasteiger charge is -2.23. The zero-order valence-corrected chi connectivity index (χ0v) is 22.3. The van der Waals surface area contributed by atoms with E-state index < -0.39 is 5.25 Å². The van der Waals surface area contributed by atoms with Crippen molar-refractivity contribution in [2.75, 3.05) is 19.5 Å². The molecule has 5 rings (SSSR count). The van der Waals surface area contributed by atoms with Crippen LogP contribution in [0.4, 0.5) is 5.69 Å². The largest absolute Gasteiger partial charge is 0.497 e. The molecule has 10 heteroatoms. The summed E-state index contributed by atoms with van der Waals surface area (Å²) in [5.41, 5.74) is 3.40. The molecule has 2 aliphatic heterocycles. The number of methoxy groups -OCH3 is 2. The molecule has 0 aromatic heterocycles. The van der Waals surface area contributed by atoms with Crippen molar-refractivity contribution in [2.24, 2.45) is 10.1 Å². The summed E-state index contributed by atoms with van der Waals surface area (Å²) in [7, 11) is 3.25. The van der Waals surface area contributed by atoms with Crippen molar-refractivity contribution in [3.05, 3.63) is 88.9 Å². The number of benzene rings is 3. The number of hydrogen-bond acceptors (Lipinski definition) is 7. The lowest BCUT2D eigenvalue weighted by atomic mass is 9.98. The van der Waals surface area contributed by atoms with Crippen LogP contribution in [0.2, 0.25) is 5.02 Å².